The Labute approximate surface area is 83.6 Å². The SMILES string of the molecule is CCCCCc1ncc(C(N)=O)cn1. The van der Waals surface area contributed by atoms with Gasteiger partial charge in [-0.3, -0.25) is 4.79 Å². The molecule has 1 aromatic rings. The highest BCUT2D eigenvalue weighted by Crippen LogP contribution is 2.02. The van der Waals surface area contributed by atoms with Crippen LogP contribution in [0.1, 0.15) is 42.4 Å². The van der Waals surface area contributed by atoms with E-state index in [1.165, 1.54) is 25.2 Å². The summed E-state index contributed by atoms with van der Waals surface area (Å²) in [6, 6.07) is 0. The minimum absolute atomic E-state index is 0.365. The Bertz CT molecular complexity index is 295. The van der Waals surface area contributed by atoms with Crippen LogP contribution in [-0.2, 0) is 6.42 Å². The van der Waals surface area contributed by atoms with Crippen molar-refractivity contribution < 1.29 is 4.79 Å². The van der Waals surface area contributed by atoms with Crippen molar-refractivity contribution in [2.75, 3.05) is 0 Å². The molecule has 0 aromatic carbocycles. The minimum Gasteiger partial charge on any atom is -0.366 e. The molecule has 4 heteroatoms. The molecule has 1 rings (SSSR count). The second kappa shape index (κ2) is 5.32. The molecule has 1 heterocycles. The molecule has 0 aliphatic heterocycles. The molecule has 1 aromatic heterocycles. The second-order valence-electron chi connectivity index (χ2n) is 3.21. The Balaban J connectivity index is 2.51. The standard InChI is InChI=1S/C10H15N3O/c1-2-3-4-5-9-12-6-8(7-13-9)10(11)14/h6-7H,2-5H2,1H3,(H2,11,14). The largest absolute Gasteiger partial charge is 0.366 e. The third kappa shape index (κ3) is 3.12. The van der Waals surface area contributed by atoms with E-state index < -0.39 is 5.91 Å². The molecule has 1 amide bonds. The zero-order chi connectivity index (χ0) is 10.4. The second-order valence-corrected chi connectivity index (χ2v) is 3.21. The number of nitrogens with two attached hydrogens (primary N) is 1. The lowest BCUT2D eigenvalue weighted by Crippen LogP contribution is -2.12. The number of amides is 1. The number of rotatable bonds is 5. The van der Waals surface area contributed by atoms with Crippen LogP contribution < -0.4 is 5.73 Å². The van der Waals surface area contributed by atoms with Gasteiger partial charge in [0.15, 0.2) is 0 Å². The Morgan fingerprint density at radius 2 is 2.00 bits per heavy atom. The van der Waals surface area contributed by atoms with Crippen molar-refractivity contribution in [3.63, 3.8) is 0 Å². The number of hydrogen-bond acceptors (Lipinski definition) is 3. The number of aromatic nitrogens is 2. The molecule has 0 aliphatic carbocycles. The van der Waals surface area contributed by atoms with E-state index in [9.17, 15) is 4.79 Å². The van der Waals surface area contributed by atoms with Crippen molar-refractivity contribution in [3.8, 4) is 0 Å². The molecular formula is C10H15N3O. The topological polar surface area (TPSA) is 68.9 Å². The summed E-state index contributed by atoms with van der Waals surface area (Å²) >= 11 is 0. The Kier molecular flexibility index (Phi) is 4.04. The zero-order valence-electron chi connectivity index (χ0n) is 8.36. The van der Waals surface area contributed by atoms with Gasteiger partial charge in [0.05, 0.1) is 5.56 Å². The van der Waals surface area contributed by atoms with Crippen molar-refractivity contribution in [2.24, 2.45) is 5.73 Å². The molecule has 2 N–H and O–H groups in total. The Morgan fingerprint density at radius 1 is 1.36 bits per heavy atom. The summed E-state index contributed by atoms with van der Waals surface area (Å²) in [4.78, 5) is 18.8. The van der Waals surface area contributed by atoms with E-state index in [0.717, 1.165) is 18.7 Å². The van der Waals surface area contributed by atoms with Gasteiger partial charge in [-0.05, 0) is 6.42 Å². The monoisotopic (exact) mass is 193 g/mol. The maximum atomic E-state index is 10.7. The lowest BCUT2D eigenvalue weighted by Gasteiger charge is -1.99. The summed E-state index contributed by atoms with van der Waals surface area (Å²) in [7, 11) is 0. The maximum Gasteiger partial charge on any atom is 0.251 e. The van der Waals surface area contributed by atoms with Crippen LogP contribution in [0.5, 0.6) is 0 Å². The highest BCUT2D eigenvalue weighted by molar-refractivity contribution is 5.91. The van der Waals surface area contributed by atoms with Gasteiger partial charge in [-0.2, -0.15) is 0 Å². The molecule has 0 unspecified atom stereocenters. The highest BCUT2D eigenvalue weighted by Gasteiger charge is 2.01. The molecule has 14 heavy (non-hydrogen) atoms. The van der Waals surface area contributed by atoms with Gasteiger partial charge in [0, 0.05) is 18.8 Å². The molecule has 0 saturated carbocycles. The van der Waals surface area contributed by atoms with E-state index in [0.29, 0.717) is 5.56 Å². The van der Waals surface area contributed by atoms with Crippen LogP contribution >= 0.6 is 0 Å². The van der Waals surface area contributed by atoms with Crippen LogP contribution in [0.3, 0.4) is 0 Å². The molecular weight excluding hydrogens is 178 g/mol. The van der Waals surface area contributed by atoms with Crippen LogP contribution in [0.4, 0.5) is 0 Å². The number of carbonyl (C=O) groups is 1. The summed E-state index contributed by atoms with van der Waals surface area (Å²) in [6.45, 7) is 2.15. The highest BCUT2D eigenvalue weighted by atomic mass is 16.1. The van der Waals surface area contributed by atoms with Crippen molar-refractivity contribution in [1.29, 1.82) is 0 Å². The Morgan fingerprint density at radius 3 is 2.50 bits per heavy atom. The first-order valence-electron chi connectivity index (χ1n) is 4.84. The molecule has 0 radical (unpaired) electrons. The number of aryl methyl sites for hydroxylation is 1. The fourth-order valence-corrected chi connectivity index (χ4v) is 1.14. The smallest absolute Gasteiger partial charge is 0.251 e. The van der Waals surface area contributed by atoms with E-state index >= 15 is 0 Å². The minimum atomic E-state index is -0.481. The first-order chi connectivity index (χ1) is 6.74. The molecule has 0 spiro atoms. The fourth-order valence-electron chi connectivity index (χ4n) is 1.14. The van der Waals surface area contributed by atoms with E-state index in [2.05, 4.69) is 16.9 Å². The quantitative estimate of drug-likeness (QED) is 0.717. The van der Waals surface area contributed by atoms with Gasteiger partial charge in [-0.15, -0.1) is 0 Å². The van der Waals surface area contributed by atoms with Gasteiger partial charge < -0.3 is 5.73 Å². The van der Waals surface area contributed by atoms with Crippen LogP contribution in [0.2, 0.25) is 0 Å². The summed E-state index contributed by atoms with van der Waals surface area (Å²) in [5, 5.41) is 0. The summed E-state index contributed by atoms with van der Waals surface area (Å²) in [5.41, 5.74) is 5.43. The van der Waals surface area contributed by atoms with Gasteiger partial charge in [-0.25, -0.2) is 9.97 Å². The number of hydrogen-bond donors (Lipinski definition) is 1. The number of primary amides is 1. The van der Waals surface area contributed by atoms with Crippen LogP contribution in [0.15, 0.2) is 12.4 Å². The zero-order valence-corrected chi connectivity index (χ0v) is 8.36. The fraction of sp³-hybridized carbons (Fsp3) is 0.500. The van der Waals surface area contributed by atoms with Crippen LogP contribution in [0.25, 0.3) is 0 Å². The number of nitrogens with zero attached hydrogens (tertiary/aromatic N) is 2. The third-order valence-electron chi connectivity index (χ3n) is 1.99. The maximum absolute atomic E-state index is 10.7. The summed E-state index contributed by atoms with van der Waals surface area (Å²) < 4.78 is 0. The van der Waals surface area contributed by atoms with E-state index in [-0.39, 0.29) is 0 Å². The van der Waals surface area contributed by atoms with Crippen molar-refractivity contribution in [3.05, 3.63) is 23.8 Å². The molecule has 76 valence electrons. The van der Waals surface area contributed by atoms with Gasteiger partial charge >= 0.3 is 0 Å². The van der Waals surface area contributed by atoms with Gasteiger partial charge in [0.25, 0.3) is 5.91 Å². The predicted molar refractivity (Wildman–Crippen MR) is 53.8 cm³/mol. The predicted octanol–water partition coefficient (Wildman–Crippen LogP) is 1.31. The lowest BCUT2D eigenvalue weighted by molar-refractivity contribution is 0.0999. The third-order valence-corrected chi connectivity index (χ3v) is 1.99. The summed E-state index contributed by atoms with van der Waals surface area (Å²) in [6.07, 6.45) is 7.28. The van der Waals surface area contributed by atoms with E-state index in [4.69, 9.17) is 5.73 Å². The first-order valence-corrected chi connectivity index (χ1v) is 4.84. The lowest BCUT2D eigenvalue weighted by atomic mass is 10.2. The molecule has 0 bridgehead atoms. The average molecular weight is 193 g/mol. The van der Waals surface area contributed by atoms with Crippen molar-refractivity contribution in [1.82, 2.24) is 9.97 Å². The van der Waals surface area contributed by atoms with Gasteiger partial charge in [0.2, 0.25) is 0 Å². The van der Waals surface area contributed by atoms with E-state index in [1.54, 1.807) is 0 Å². The van der Waals surface area contributed by atoms with E-state index in [1.807, 2.05) is 0 Å². The van der Waals surface area contributed by atoms with Crippen molar-refractivity contribution >= 4 is 5.91 Å². The normalized spacial score (nSPS) is 10.1. The summed E-state index contributed by atoms with van der Waals surface area (Å²) in [5.74, 6) is 0.300. The molecule has 0 aliphatic rings. The number of carbonyl (C=O) groups excluding carboxylic acids is 1. The van der Waals surface area contributed by atoms with Crippen LogP contribution in [0, 0.1) is 0 Å². The molecule has 0 fully saturated rings. The molecule has 0 atom stereocenters. The molecule has 4 nitrogen and oxygen atoms in total. The molecule has 0 saturated heterocycles. The number of unbranched alkanes of at least 4 members (excludes halogenated alkanes) is 2. The average Bonchev–Trinajstić information content (AvgIpc) is 2.19. The van der Waals surface area contributed by atoms with Gasteiger partial charge in [-0.1, -0.05) is 19.8 Å². The Hall–Kier alpha value is -1.45. The van der Waals surface area contributed by atoms with Gasteiger partial charge in [0.1, 0.15) is 5.82 Å². The first kappa shape index (κ1) is 10.6. The van der Waals surface area contributed by atoms with Crippen molar-refractivity contribution in [2.45, 2.75) is 32.6 Å². The van der Waals surface area contributed by atoms with Crippen LogP contribution in [-0.4, -0.2) is 15.9 Å².